The third kappa shape index (κ3) is 4.51. The lowest BCUT2D eigenvalue weighted by atomic mass is 10.1. The van der Waals surface area contributed by atoms with Crippen LogP contribution in [0.1, 0.15) is 32.4 Å². The smallest absolute Gasteiger partial charge is 0.260 e. The lowest BCUT2D eigenvalue weighted by molar-refractivity contribution is -0.133. The van der Waals surface area contributed by atoms with E-state index in [0.29, 0.717) is 24.4 Å². The van der Waals surface area contributed by atoms with Crippen LogP contribution in [0.25, 0.3) is 0 Å². The lowest BCUT2D eigenvalue weighted by Crippen LogP contribution is -2.34. The van der Waals surface area contributed by atoms with Crippen molar-refractivity contribution in [3.63, 3.8) is 0 Å². The number of halogens is 1. The number of aliphatic hydroxyl groups is 1. The Bertz CT molecular complexity index is 431. The predicted molar refractivity (Wildman–Crippen MR) is 78.2 cm³/mol. The number of hydrogen-bond acceptors (Lipinski definition) is 3. The zero-order chi connectivity index (χ0) is 14.4. The molecule has 1 rings (SSSR count). The normalized spacial score (nSPS) is 12.1. The molecule has 4 nitrogen and oxygen atoms in total. The first-order valence-corrected chi connectivity index (χ1v) is 7.16. The maximum Gasteiger partial charge on any atom is 0.260 e. The maximum absolute atomic E-state index is 11.9. The molecule has 1 aromatic rings. The largest absolute Gasteiger partial charge is 0.483 e. The van der Waals surface area contributed by atoms with Crippen molar-refractivity contribution >= 4 is 21.8 Å². The van der Waals surface area contributed by atoms with Crippen LogP contribution in [-0.4, -0.2) is 35.6 Å². The van der Waals surface area contributed by atoms with Crippen LogP contribution in [0.15, 0.2) is 22.7 Å². The molecular weight excluding hydrogens is 310 g/mol. The summed E-state index contributed by atoms with van der Waals surface area (Å²) in [5, 5.41) is 9.67. The fraction of sp³-hybridized carbons (Fsp3) is 0.500. The molecule has 0 heterocycles. The van der Waals surface area contributed by atoms with E-state index in [9.17, 15) is 9.90 Å². The lowest BCUT2D eigenvalue weighted by Gasteiger charge is -2.20. The highest BCUT2D eigenvalue weighted by Gasteiger charge is 2.14. The quantitative estimate of drug-likeness (QED) is 0.873. The van der Waals surface area contributed by atoms with E-state index >= 15 is 0 Å². The molecule has 0 saturated carbocycles. The van der Waals surface area contributed by atoms with Crippen molar-refractivity contribution in [2.24, 2.45) is 0 Å². The van der Waals surface area contributed by atoms with Crippen LogP contribution >= 0.6 is 15.9 Å². The molecule has 1 atom stereocenters. The van der Waals surface area contributed by atoms with E-state index in [4.69, 9.17) is 4.74 Å². The Balaban J connectivity index is 2.77. The van der Waals surface area contributed by atoms with Gasteiger partial charge >= 0.3 is 0 Å². The average Bonchev–Trinajstić information content (AvgIpc) is 2.37. The molecule has 0 aliphatic heterocycles. The number of aliphatic hydroxyl groups excluding tert-OH is 1. The molecule has 0 aliphatic carbocycles. The van der Waals surface area contributed by atoms with Gasteiger partial charge in [-0.3, -0.25) is 4.79 Å². The first-order chi connectivity index (χ1) is 8.99. The second kappa shape index (κ2) is 7.50. The van der Waals surface area contributed by atoms with Crippen molar-refractivity contribution in [3.05, 3.63) is 28.2 Å². The summed E-state index contributed by atoms with van der Waals surface area (Å²) in [4.78, 5) is 13.6. The van der Waals surface area contributed by atoms with Crippen molar-refractivity contribution in [3.8, 4) is 5.75 Å². The Morgan fingerprint density at radius 2 is 2.05 bits per heavy atom. The Hall–Kier alpha value is -1.07. The van der Waals surface area contributed by atoms with Crippen molar-refractivity contribution < 1.29 is 14.6 Å². The van der Waals surface area contributed by atoms with Gasteiger partial charge in [0, 0.05) is 23.1 Å². The summed E-state index contributed by atoms with van der Waals surface area (Å²) >= 11 is 3.35. The van der Waals surface area contributed by atoms with Crippen LogP contribution in [0, 0.1) is 0 Å². The van der Waals surface area contributed by atoms with Crippen molar-refractivity contribution in [2.45, 2.75) is 26.9 Å². The van der Waals surface area contributed by atoms with E-state index in [1.165, 1.54) is 0 Å². The van der Waals surface area contributed by atoms with E-state index < -0.39 is 6.10 Å². The summed E-state index contributed by atoms with van der Waals surface area (Å²) in [7, 11) is 0. The number of likely N-dealkylation sites (N-methyl/N-ethyl adjacent to an activating group) is 1. The zero-order valence-corrected chi connectivity index (χ0v) is 13.1. The first-order valence-electron chi connectivity index (χ1n) is 6.37. The molecule has 0 radical (unpaired) electrons. The molecule has 1 N–H and O–H groups in total. The number of hydrogen-bond donors (Lipinski definition) is 1. The second-order valence-corrected chi connectivity index (χ2v) is 5.13. The molecule has 5 heteroatoms. The number of rotatable bonds is 6. The SMILES string of the molecule is CCN(CC)C(=O)COc1cc(Br)ccc1[C@@H](C)O. The van der Waals surface area contributed by atoms with Gasteiger partial charge < -0.3 is 14.7 Å². The van der Waals surface area contributed by atoms with E-state index in [1.54, 1.807) is 24.0 Å². The van der Waals surface area contributed by atoms with Crippen LogP contribution in [0.4, 0.5) is 0 Å². The maximum atomic E-state index is 11.9. The summed E-state index contributed by atoms with van der Waals surface area (Å²) in [6.07, 6.45) is -0.633. The third-order valence-electron chi connectivity index (χ3n) is 2.89. The molecule has 106 valence electrons. The summed E-state index contributed by atoms with van der Waals surface area (Å²) < 4.78 is 6.39. The molecule has 1 aromatic carbocycles. The summed E-state index contributed by atoms with van der Waals surface area (Å²) in [5.41, 5.74) is 0.676. The van der Waals surface area contributed by atoms with Gasteiger partial charge in [0.15, 0.2) is 6.61 Å². The molecule has 0 bridgehead atoms. The minimum absolute atomic E-state index is 0.0160. The Labute approximate surface area is 122 Å². The van der Waals surface area contributed by atoms with Gasteiger partial charge in [0.05, 0.1) is 6.10 Å². The number of amides is 1. The molecule has 0 fully saturated rings. The number of carbonyl (C=O) groups excluding carboxylic acids is 1. The van der Waals surface area contributed by atoms with Crippen molar-refractivity contribution in [1.29, 1.82) is 0 Å². The highest BCUT2D eigenvalue weighted by atomic mass is 79.9. The van der Waals surface area contributed by atoms with E-state index in [-0.39, 0.29) is 12.5 Å². The molecule has 0 spiro atoms. The molecule has 0 saturated heterocycles. The van der Waals surface area contributed by atoms with Crippen LogP contribution in [0.2, 0.25) is 0 Å². The number of nitrogens with zero attached hydrogens (tertiary/aromatic N) is 1. The van der Waals surface area contributed by atoms with Crippen LogP contribution in [0.5, 0.6) is 5.75 Å². The fourth-order valence-electron chi connectivity index (χ4n) is 1.79. The Morgan fingerprint density at radius 3 is 2.58 bits per heavy atom. The first kappa shape index (κ1) is 16.0. The summed E-state index contributed by atoms with van der Waals surface area (Å²) in [6, 6.07) is 5.38. The van der Waals surface area contributed by atoms with E-state index in [2.05, 4.69) is 15.9 Å². The third-order valence-corrected chi connectivity index (χ3v) is 3.39. The van der Waals surface area contributed by atoms with Gasteiger partial charge in [0.25, 0.3) is 5.91 Å². The summed E-state index contributed by atoms with van der Waals surface area (Å²) in [5.74, 6) is 0.478. The van der Waals surface area contributed by atoms with Gasteiger partial charge in [-0.1, -0.05) is 22.0 Å². The van der Waals surface area contributed by atoms with Gasteiger partial charge in [0.2, 0.25) is 0 Å². The molecule has 0 aromatic heterocycles. The standard InChI is InChI=1S/C14H20BrNO3/c1-4-16(5-2)14(18)9-19-13-8-11(15)6-7-12(13)10(3)17/h6-8,10,17H,4-5,9H2,1-3H3/t10-/m1/s1. The van der Waals surface area contributed by atoms with E-state index in [1.807, 2.05) is 19.9 Å². The van der Waals surface area contributed by atoms with Gasteiger partial charge in [-0.2, -0.15) is 0 Å². The molecule has 1 amide bonds. The van der Waals surface area contributed by atoms with Gasteiger partial charge in [-0.05, 0) is 32.9 Å². The van der Waals surface area contributed by atoms with Gasteiger partial charge in [0.1, 0.15) is 5.75 Å². The van der Waals surface area contributed by atoms with Gasteiger partial charge in [-0.15, -0.1) is 0 Å². The van der Waals surface area contributed by atoms with E-state index in [0.717, 1.165) is 4.47 Å². The van der Waals surface area contributed by atoms with Crippen molar-refractivity contribution in [1.82, 2.24) is 4.90 Å². The number of benzene rings is 1. The Kier molecular flexibility index (Phi) is 6.31. The second-order valence-electron chi connectivity index (χ2n) is 4.21. The monoisotopic (exact) mass is 329 g/mol. The minimum atomic E-state index is -0.633. The van der Waals surface area contributed by atoms with Crippen molar-refractivity contribution in [2.75, 3.05) is 19.7 Å². The molecular formula is C14H20BrNO3. The molecule has 0 aliphatic rings. The highest BCUT2D eigenvalue weighted by molar-refractivity contribution is 9.10. The van der Waals surface area contributed by atoms with Gasteiger partial charge in [-0.25, -0.2) is 0 Å². The van der Waals surface area contributed by atoms with Crippen LogP contribution < -0.4 is 4.74 Å². The molecule has 0 unspecified atom stereocenters. The number of ether oxygens (including phenoxy) is 1. The van der Waals surface area contributed by atoms with Crippen LogP contribution in [0.3, 0.4) is 0 Å². The summed E-state index contributed by atoms with van der Waals surface area (Å²) in [6.45, 7) is 6.85. The fourth-order valence-corrected chi connectivity index (χ4v) is 2.13. The minimum Gasteiger partial charge on any atom is -0.483 e. The number of carbonyl (C=O) groups is 1. The Morgan fingerprint density at radius 1 is 1.42 bits per heavy atom. The topological polar surface area (TPSA) is 49.8 Å². The zero-order valence-electron chi connectivity index (χ0n) is 11.5. The average molecular weight is 330 g/mol. The highest BCUT2D eigenvalue weighted by Crippen LogP contribution is 2.28. The van der Waals surface area contributed by atoms with Crippen LogP contribution in [-0.2, 0) is 4.79 Å². The molecule has 19 heavy (non-hydrogen) atoms. The predicted octanol–water partition coefficient (Wildman–Crippen LogP) is 2.75.